The molecule has 2 aromatic rings. The van der Waals surface area contributed by atoms with E-state index in [0.29, 0.717) is 23.5 Å². The highest BCUT2D eigenvalue weighted by Crippen LogP contribution is 2.32. The Bertz CT molecular complexity index is 988. The third-order valence-electron chi connectivity index (χ3n) is 4.37. The van der Waals surface area contributed by atoms with Crippen LogP contribution in [0, 0.1) is 0 Å². The molecule has 9 heteroatoms. The number of aliphatic carboxylic acids is 1. The van der Waals surface area contributed by atoms with Gasteiger partial charge in [0.2, 0.25) is 0 Å². The molecule has 0 saturated heterocycles. The summed E-state index contributed by atoms with van der Waals surface area (Å²) in [6, 6.07) is 12.4. The topological polar surface area (TPSA) is 130 Å². The van der Waals surface area contributed by atoms with E-state index in [1.807, 2.05) is 12.1 Å². The summed E-state index contributed by atoms with van der Waals surface area (Å²) in [6.07, 6.45) is 1.39. The minimum Gasteiger partial charge on any atom is -0.493 e. The normalized spacial score (nSPS) is 12.2. The van der Waals surface area contributed by atoms with E-state index in [1.165, 1.54) is 0 Å². The van der Waals surface area contributed by atoms with E-state index in [9.17, 15) is 23.1 Å². The number of carbonyl (C=O) groups is 2. The lowest BCUT2D eigenvalue weighted by Crippen LogP contribution is -2.42. The number of benzene rings is 2. The molecule has 2 aromatic carbocycles. The van der Waals surface area contributed by atoms with E-state index in [2.05, 4.69) is 12.2 Å². The predicted octanol–water partition coefficient (Wildman–Crippen LogP) is 2.99. The van der Waals surface area contributed by atoms with Gasteiger partial charge in [0.05, 0.1) is 12.4 Å². The maximum atomic E-state index is 12.8. The van der Waals surface area contributed by atoms with Gasteiger partial charge in [0.1, 0.15) is 11.8 Å². The van der Waals surface area contributed by atoms with Crippen LogP contribution >= 0.6 is 0 Å². The first-order chi connectivity index (χ1) is 14.2. The average Bonchev–Trinajstić information content (AvgIpc) is 2.70. The second kappa shape index (κ2) is 10.7. The number of hydrogen-bond donors (Lipinski definition) is 3. The Balaban J connectivity index is 2.30. The van der Waals surface area contributed by atoms with E-state index in [1.54, 1.807) is 36.4 Å². The lowest BCUT2D eigenvalue weighted by atomic mass is 9.98. The second-order valence-electron chi connectivity index (χ2n) is 6.68. The van der Waals surface area contributed by atoms with Gasteiger partial charge in [0.15, 0.2) is 0 Å². The number of para-hydroxylation sites is 1. The van der Waals surface area contributed by atoms with Crippen molar-refractivity contribution in [1.82, 2.24) is 5.32 Å². The Kier molecular flexibility index (Phi) is 8.37. The van der Waals surface area contributed by atoms with Gasteiger partial charge < -0.3 is 15.2 Å². The third-order valence-corrected chi connectivity index (χ3v) is 5.12. The summed E-state index contributed by atoms with van der Waals surface area (Å²) in [7, 11) is -4.35. The first-order valence-corrected chi connectivity index (χ1v) is 11.1. The lowest BCUT2D eigenvalue weighted by Gasteiger charge is -2.17. The zero-order chi connectivity index (χ0) is 22.1. The fourth-order valence-corrected chi connectivity index (χ4v) is 3.35. The number of amides is 1. The third kappa shape index (κ3) is 6.85. The van der Waals surface area contributed by atoms with E-state index < -0.39 is 40.2 Å². The van der Waals surface area contributed by atoms with Crippen LogP contribution in [0.3, 0.4) is 0 Å². The van der Waals surface area contributed by atoms with E-state index in [4.69, 9.17) is 9.29 Å². The summed E-state index contributed by atoms with van der Waals surface area (Å²) in [4.78, 5) is 24.3. The van der Waals surface area contributed by atoms with Crippen molar-refractivity contribution in [2.24, 2.45) is 0 Å². The molecule has 0 radical (unpaired) electrons. The van der Waals surface area contributed by atoms with Crippen molar-refractivity contribution in [3.8, 4) is 16.9 Å². The number of nitrogens with one attached hydrogen (secondary N) is 1. The van der Waals surface area contributed by atoms with Gasteiger partial charge >= 0.3 is 5.97 Å². The molecule has 0 fully saturated rings. The van der Waals surface area contributed by atoms with Crippen LogP contribution in [-0.2, 0) is 14.9 Å². The molecule has 0 aliphatic rings. The van der Waals surface area contributed by atoms with Crippen LogP contribution in [0.1, 0.15) is 36.5 Å². The molecule has 0 saturated carbocycles. The van der Waals surface area contributed by atoms with Crippen LogP contribution < -0.4 is 10.1 Å². The van der Waals surface area contributed by atoms with Gasteiger partial charge in [-0.15, -0.1) is 0 Å². The number of carboxylic acids is 1. The first-order valence-electron chi connectivity index (χ1n) is 9.53. The smallest absolute Gasteiger partial charge is 0.326 e. The maximum Gasteiger partial charge on any atom is 0.326 e. The number of carboxylic acid groups (broad SMARTS) is 1. The summed E-state index contributed by atoms with van der Waals surface area (Å²) in [5.41, 5.74) is 1.47. The molecule has 30 heavy (non-hydrogen) atoms. The molecule has 0 aliphatic carbocycles. The second-order valence-corrected chi connectivity index (χ2v) is 8.25. The van der Waals surface area contributed by atoms with Crippen LogP contribution in [0.15, 0.2) is 48.5 Å². The molecular weight excluding hydrogens is 410 g/mol. The number of unbranched alkanes of at least 4 members (excludes halogenated alkanes) is 1. The molecule has 1 atom stereocenters. The average molecular weight is 435 g/mol. The van der Waals surface area contributed by atoms with Crippen molar-refractivity contribution >= 4 is 22.0 Å². The summed E-state index contributed by atoms with van der Waals surface area (Å²) in [6.45, 7) is 2.58. The molecule has 1 amide bonds. The van der Waals surface area contributed by atoms with Crippen LogP contribution in [0.25, 0.3) is 11.1 Å². The van der Waals surface area contributed by atoms with Crippen LogP contribution in [0.5, 0.6) is 5.75 Å². The highest BCUT2D eigenvalue weighted by Gasteiger charge is 2.24. The molecule has 3 N–H and O–H groups in total. The number of ether oxygens (including phenoxy) is 1. The molecule has 2 rings (SSSR count). The fraction of sp³-hybridized carbons (Fsp3) is 0.333. The Morgan fingerprint density at radius 2 is 1.70 bits per heavy atom. The molecule has 0 aliphatic heterocycles. The van der Waals surface area contributed by atoms with Crippen LogP contribution in [0.4, 0.5) is 0 Å². The van der Waals surface area contributed by atoms with E-state index in [-0.39, 0.29) is 5.56 Å². The first kappa shape index (κ1) is 23.4. The van der Waals surface area contributed by atoms with Crippen molar-refractivity contribution in [2.75, 3.05) is 12.4 Å². The Hall–Kier alpha value is -2.91. The largest absolute Gasteiger partial charge is 0.493 e. The maximum absolute atomic E-state index is 12.8. The molecule has 162 valence electrons. The highest BCUT2D eigenvalue weighted by atomic mass is 32.2. The van der Waals surface area contributed by atoms with Gasteiger partial charge in [-0.2, -0.15) is 8.42 Å². The van der Waals surface area contributed by atoms with Crippen molar-refractivity contribution in [3.05, 3.63) is 54.1 Å². The molecule has 0 spiro atoms. The molecule has 8 nitrogen and oxygen atoms in total. The minimum absolute atomic E-state index is 0.224. The lowest BCUT2D eigenvalue weighted by molar-refractivity contribution is -0.139. The molecule has 0 aromatic heterocycles. The van der Waals surface area contributed by atoms with Crippen molar-refractivity contribution in [2.45, 2.75) is 32.2 Å². The van der Waals surface area contributed by atoms with Gasteiger partial charge in [-0.1, -0.05) is 49.7 Å². The van der Waals surface area contributed by atoms with Gasteiger partial charge in [-0.25, -0.2) is 4.79 Å². The van der Waals surface area contributed by atoms with Crippen molar-refractivity contribution in [3.63, 3.8) is 0 Å². The van der Waals surface area contributed by atoms with Crippen molar-refractivity contribution in [1.29, 1.82) is 0 Å². The quantitative estimate of drug-likeness (QED) is 0.365. The fourth-order valence-electron chi connectivity index (χ4n) is 2.82. The van der Waals surface area contributed by atoms with Gasteiger partial charge in [-0.05, 0) is 30.5 Å². The predicted molar refractivity (Wildman–Crippen MR) is 112 cm³/mol. The van der Waals surface area contributed by atoms with Crippen LogP contribution in [0.2, 0.25) is 0 Å². The van der Waals surface area contributed by atoms with Gasteiger partial charge in [-0.3, -0.25) is 9.35 Å². The van der Waals surface area contributed by atoms with E-state index in [0.717, 1.165) is 12.8 Å². The van der Waals surface area contributed by atoms with Gasteiger partial charge in [0, 0.05) is 11.1 Å². The summed E-state index contributed by atoms with van der Waals surface area (Å²) >= 11 is 0. The molecule has 0 unspecified atom stereocenters. The molecule has 0 heterocycles. The number of carbonyl (C=O) groups excluding carboxylic acids is 1. The Morgan fingerprint density at radius 1 is 1.07 bits per heavy atom. The summed E-state index contributed by atoms with van der Waals surface area (Å²) in [5.74, 6) is -2.24. The summed E-state index contributed by atoms with van der Waals surface area (Å²) < 4.78 is 36.6. The van der Waals surface area contributed by atoms with Crippen LogP contribution in [-0.4, -0.2) is 48.4 Å². The Labute approximate surface area is 175 Å². The number of hydrogen-bond acceptors (Lipinski definition) is 5. The SMILES string of the molecule is CCCCOc1ccccc1-c1ccccc1C(=O)N[C@@H](CCS(=O)(=O)O)C(=O)O. The standard InChI is InChI=1S/C21H25NO7S/c1-2-3-13-29-19-11-7-6-9-16(19)15-8-4-5-10-17(15)20(23)22-18(21(24)25)12-14-30(26,27)28/h4-11,18H,2-3,12-14H2,1H3,(H,22,23)(H,24,25)(H,26,27,28)/t18-/m0/s1. The highest BCUT2D eigenvalue weighted by molar-refractivity contribution is 7.85. The zero-order valence-electron chi connectivity index (χ0n) is 16.6. The monoisotopic (exact) mass is 435 g/mol. The number of rotatable bonds is 11. The van der Waals surface area contributed by atoms with Gasteiger partial charge in [0.25, 0.3) is 16.0 Å². The molecular formula is C21H25NO7S. The zero-order valence-corrected chi connectivity index (χ0v) is 17.4. The molecule has 0 bridgehead atoms. The minimum atomic E-state index is -4.35. The van der Waals surface area contributed by atoms with E-state index >= 15 is 0 Å². The van der Waals surface area contributed by atoms with Crippen molar-refractivity contribution < 1.29 is 32.4 Å². The summed E-state index contributed by atoms with van der Waals surface area (Å²) in [5, 5.41) is 11.6. The Morgan fingerprint density at radius 3 is 2.33 bits per heavy atom.